The van der Waals surface area contributed by atoms with E-state index in [2.05, 4.69) is 4.90 Å². The monoisotopic (exact) mass is 201 g/mol. The van der Waals surface area contributed by atoms with Crippen LogP contribution in [0.25, 0.3) is 0 Å². The molecule has 0 radical (unpaired) electrons. The lowest BCUT2D eigenvalue weighted by molar-refractivity contribution is 0.0144. The fourth-order valence-corrected chi connectivity index (χ4v) is 1.33. The number of rotatable bonds is 4. The van der Waals surface area contributed by atoms with Gasteiger partial charge in [0.25, 0.3) is 0 Å². The maximum absolute atomic E-state index is 11.0. The molecule has 1 aliphatic heterocycles. The van der Waals surface area contributed by atoms with Gasteiger partial charge in [0.1, 0.15) is 6.73 Å². The van der Waals surface area contributed by atoms with Gasteiger partial charge in [0.05, 0.1) is 6.61 Å². The van der Waals surface area contributed by atoms with Crippen molar-refractivity contribution < 1.29 is 14.3 Å². The van der Waals surface area contributed by atoms with Gasteiger partial charge in [-0.1, -0.05) is 13.8 Å². The molecule has 1 aliphatic rings. The molecule has 0 atom stereocenters. The Morgan fingerprint density at radius 2 is 1.93 bits per heavy atom. The predicted molar refractivity (Wildman–Crippen MR) is 52.9 cm³/mol. The summed E-state index contributed by atoms with van der Waals surface area (Å²) in [5.74, 6) is 0.356. The second kappa shape index (κ2) is 5.86. The molecule has 0 aromatic heterocycles. The maximum Gasteiger partial charge on any atom is 0.509 e. The smallest absolute Gasteiger partial charge is 0.434 e. The summed E-state index contributed by atoms with van der Waals surface area (Å²) in [4.78, 5) is 13.1. The molecule has 1 saturated heterocycles. The van der Waals surface area contributed by atoms with E-state index in [0.29, 0.717) is 19.3 Å². The van der Waals surface area contributed by atoms with Crippen molar-refractivity contribution in [1.29, 1.82) is 0 Å². The zero-order valence-electron chi connectivity index (χ0n) is 8.99. The molecule has 0 unspecified atom stereocenters. The van der Waals surface area contributed by atoms with Gasteiger partial charge in [-0.3, -0.25) is 4.90 Å². The van der Waals surface area contributed by atoms with Crippen molar-refractivity contribution in [3.05, 3.63) is 0 Å². The van der Waals surface area contributed by atoms with E-state index in [4.69, 9.17) is 9.47 Å². The fourth-order valence-electron chi connectivity index (χ4n) is 1.33. The highest BCUT2D eigenvalue weighted by Gasteiger charge is 2.13. The van der Waals surface area contributed by atoms with Gasteiger partial charge in [0.15, 0.2) is 0 Å². The largest absolute Gasteiger partial charge is 0.509 e. The second-order valence-corrected chi connectivity index (χ2v) is 4.05. The van der Waals surface area contributed by atoms with Crippen LogP contribution in [0.2, 0.25) is 0 Å². The minimum Gasteiger partial charge on any atom is -0.434 e. The number of hydrogen-bond donors (Lipinski definition) is 0. The van der Waals surface area contributed by atoms with Gasteiger partial charge < -0.3 is 9.47 Å². The first kappa shape index (κ1) is 11.3. The molecule has 0 aromatic rings. The molecule has 0 saturated carbocycles. The summed E-state index contributed by atoms with van der Waals surface area (Å²) in [7, 11) is 0. The van der Waals surface area contributed by atoms with Crippen LogP contribution in [0.5, 0.6) is 0 Å². The van der Waals surface area contributed by atoms with Gasteiger partial charge in [0.2, 0.25) is 0 Å². The van der Waals surface area contributed by atoms with Crippen molar-refractivity contribution >= 4 is 6.16 Å². The van der Waals surface area contributed by atoms with Crippen molar-refractivity contribution in [2.75, 3.05) is 26.4 Å². The summed E-state index contributed by atoms with van der Waals surface area (Å²) in [5.41, 5.74) is 0. The number of carbonyl (C=O) groups is 1. The van der Waals surface area contributed by atoms with Crippen LogP contribution in [0.1, 0.15) is 26.7 Å². The lowest BCUT2D eigenvalue weighted by atomic mass is 10.2. The van der Waals surface area contributed by atoms with E-state index in [1.165, 1.54) is 12.8 Å². The maximum atomic E-state index is 11.0. The third-order valence-electron chi connectivity index (χ3n) is 2.10. The molecule has 1 heterocycles. The van der Waals surface area contributed by atoms with Crippen LogP contribution in [-0.4, -0.2) is 37.5 Å². The Labute approximate surface area is 85.2 Å². The van der Waals surface area contributed by atoms with E-state index in [9.17, 15) is 4.79 Å². The summed E-state index contributed by atoms with van der Waals surface area (Å²) in [6.07, 6.45) is 1.85. The standard InChI is InChI=1S/C10H19NO3/c1-9(2)7-13-10(12)14-8-11-5-3-4-6-11/h9H,3-8H2,1-2H3. The van der Waals surface area contributed by atoms with E-state index in [1.807, 2.05) is 13.8 Å². The summed E-state index contributed by atoms with van der Waals surface area (Å²) < 4.78 is 9.82. The molecule has 4 nitrogen and oxygen atoms in total. The number of ether oxygens (including phenoxy) is 2. The van der Waals surface area contributed by atoms with Crippen LogP contribution in [0, 0.1) is 5.92 Å². The Morgan fingerprint density at radius 3 is 2.50 bits per heavy atom. The Bertz CT molecular complexity index is 176. The number of likely N-dealkylation sites (tertiary alicyclic amines) is 1. The first-order chi connectivity index (χ1) is 6.68. The van der Waals surface area contributed by atoms with Gasteiger partial charge in [0, 0.05) is 13.1 Å². The van der Waals surface area contributed by atoms with Crippen molar-refractivity contribution in [2.24, 2.45) is 5.92 Å². The first-order valence-corrected chi connectivity index (χ1v) is 5.20. The zero-order valence-corrected chi connectivity index (χ0v) is 8.99. The van der Waals surface area contributed by atoms with Gasteiger partial charge in [-0.25, -0.2) is 4.79 Å². The fraction of sp³-hybridized carbons (Fsp3) is 0.900. The van der Waals surface area contributed by atoms with Gasteiger partial charge in [-0.2, -0.15) is 0 Å². The van der Waals surface area contributed by atoms with Crippen LogP contribution >= 0.6 is 0 Å². The first-order valence-electron chi connectivity index (χ1n) is 5.20. The Hall–Kier alpha value is -0.770. The summed E-state index contributed by atoms with van der Waals surface area (Å²) >= 11 is 0. The molecule has 4 heteroatoms. The van der Waals surface area contributed by atoms with Gasteiger partial charge in [-0.15, -0.1) is 0 Å². The Balaban J connectivity index is 2.02. The summed E-state index contributed by atoms with van der Waals surface area (Å²) in [6, 6.07) is 0. The predicted octanol–water partition coefficient (Wildman–Crippen LogP) is 1.85. The van der Waals surface area contributed by atoms with Crippen LogP contribution in [0.3, 0.4) is 0 Å². The van der Waals surface area contributed by atoms with Crippen LogP contribution in [-0.2, 0) is 9.47 Å². The number of carbonyl (C=O) groups excluding carboxylic acids is 1. The number of hydrogen-bond acceptors (Lipinski definition) is 4. The van der Waals surface area contributed by atoms with E-state index in [1.54, 1.807) is 0 Å². The number of nitrogens with zero attached hydrogens (tertiary/aromatic N) is 1. The lowest BCUT2D eigenvalue weighted by Gasteiger charge is -2.14. The molecule has 0 bridgehead atoms. The third-order valence-corrected chi connectivity index (χ3v) is 2.10. The zero-order chi connectivity index (χ0) is 10.4. The lowest BCUT2D eigenvalue weighted by Crippen LogP contribution is -2.25. The second-order valence-electron chi connectivity index (χ2n) is 4.05. The molecule has 1 rings (SSSR count). The molecule has 0 amide bonds. The van der Waals surface area contributed by atoms with Crippen molar-refractivity contribution in [3.8, 4) is 0 Å². The summed E-state index contributed by atoms with van der Waals surface area (Å²) in [5, 5.41) is 0. The highest BCUT2D eigenvalue weighted by molar-refractivity contribution is 5.59. The van der Waals surface area contributed by atoms with E-state index in [0.717, 1.165) is 13.1 Å². The highest BCUT2D eigenvalue weighted by Crippen LogP contribution is 2.06. The van der Waals surface area contributed by atoms with Crippen LogP contribution in [0.4, 0.5) is 4.79 Å². The van der Waals surface area contributed by atoms with Crippen LogP contribution < -0.4 is 0 Å². The molecule has 1 fully saturated rings. The molecule has 0 aromatic carbocycles. The van der Waals surface area contributed by atoms with E-state index in [-0.39, 0.29) is 0 Å². The minimum atomic E-state index is -0.550. The van der Waals surface area contributed by atoms with Gasteiger partial charge in [-0.05, 0) is 18.8 Å². The SMILES string of the molecule is CC(C)COC(=O)OCN1CCCC1. The van der Waals surface area contributed by atoms with E-state index < -0.39 is 6.16 Å². The van der Waals surface area contributed by atoms with Crippen molar-refractivity contribution in [2.45, 2.75) is 26.7 Å². The van der Waals surface area contributed by atoms with E-state index >= 15 is 0 Å². The normalized spacial score (nSPS) is 17.4. The third kappa shape index (κ3) is 4.46. The Kier molecular flexibility index (Phi) is 4.73. The molecule has 0 N–H and O–H groups in total. The summed E-state index contributed by atoms with van der Waals surface area (Å²) in [6.45, 7) is 6.84. The molecule has 0 spiro atoms. The topological polar surface area (TPSA) is 38.8 Å². The minimum absolute atomic E-state index is 0.356. The average Bonchev–Trinajstić information content (AvgIpc) is 2.63. The molecule has 14 heavy (non-hydrogen) atoms. The van der Waals surface area contributed by atoms with Crippen LogP contribution in [0.15, 0.2) is 0 Å². The quantitative estimate of drug-likeness (QED) is 0.651. The Morgan fingerprint density at radius 1 is 1.29 bits per heavy atom. The van der Waals surface area contributed by atoms with Gasteiger partial charge >= 0.3 is 6.16 Å². The molecule has 82 valence electrons. The van der Waals surface area contributed by atoms with Crippen molar-refractivity contribution in [1.82, 2.24) is 4.90 Å². The highest BCUT2D eigenvalue weighted by atomic mass is 16.7. The van der Waals surface area contributed by atoms with Crippen molar-refractivity contribution in [3.63, 3.8) is 0 Å². The molecular weight excluding hydrogens is 182 g/mol. The molecule has 0 aliphatic carbocycles. The molecular formula is C10H19NO3. The average molecular weight is 201 g/mol.